The van der Waals surface area contributed by atoms with Gasteiger partial charge in [0.1, 0.15) is 9.96 Å². The van der Waals surface area contributed by atoms with Crippen LogP contribution in [0.1, 0.15) is 11.8 Å². The molecule has 1 saturated heterocycles. The molecule has 3 rings (SSSR count). The SMILES string of the molecule is CCOc1cc(N2CCN(C)CC2)ccc1NC(=O)NCc1ccc(S(N)(=O)=O)s1. The molecule has 1 aliphatic heterocycles. The molecule has 0 spiro atoms. The van der Waals surface area contributed by atoms with Crippen LogP contribution in [0.2, 0.25) is 0 Å². The molecule has 4 N–H and O–H groups in total. The van der Waals surface area contributed by atoms with Crippen LogP contribution in [0.5, 0.6) is 5.75 Å². The fourth-order valence-electron chi connectivity index (χ4n) is 3.09. The number of nitrogens with two attached hydrogens (primary N) is 1. The first-order valence-electron chi connectivity index (χ1n) is 9.63. The Balaban J connectivity index is 1.63. The first-order valence-corrected chi connectivity index (χ1v) is 12.0. The molecule has 1 fully saturated rings. The van der Waals surface area contributed by atoms with Gasteiger partial charge in [0.15, 0.2) is 0 Å². The van der Waals surface area contributed by atoms with Gasteiger partial charge in [-0.25, -0.2) is 18.4 Å². The molecule has 164 valence electrons. The van der Waals surface area contributed by atoms with Crippen LogP contribution in [-0.2, 0) is 16.6 Å². The van der Waals surface area contributed by atoms with Crippen molar-refractivity contribution in [3.05, 3.63) is 35.2 Å². The summed E-state index contributed by atoms with van der Waals surface area (Å²) in [4.78, 5) is 17.6. The Morgan fingerprint density at radius 2 is 1.93 bits per heavy atom. The van der Waals surface area contributed by atoms with Crippen LogP contribution in [0.15, 0.2) is 34.5 Å². The Labute approximate surface area is 180 Å². The van der Waals surface area contributed by atoms with E-state index < -0.39 is 16.1 Å². The minimum Gasteiger partial charge on any atom is -0.492 e. The van der Waals surface area contributed by atoms with Gasteiger partial charge in [-0.05, 0) is 38.2 Å². The molecular weight excluding hydrogens is 426 g/mol. The molecule has 0 saturated carbocycles. The lowest BCUT2D eigenvalue weighted by Gasteiger charge is -2.34. The fraction of sp³-hybridized carbons (Fsp3) is 0.421. The van der Waals surface area contributed by atoms with Crippen LogP contribution in [0.3, 0.4) is 0 Å². The summed E-state index contributed by atoms with van der Waals surface area (Å²) >= 11 is 1.03. The highest BCUT2D eigenvalue weighted by Gasteiger charge is 2.17. The van der Waals surface area contributed by atoms with Crippen molar-refractivity contribution in [1.82, 2.24) is 10.2 Å². The number of likely N-dealkylation sites (N-methyl/N-ethyl adjacent to an activating group) is 1. The number of ether oxygens (including phenoxy) is 1. The lowest BCUT2D eigenvalue weighted by atomic mass is 10.2. The molecule has 9 nitrogen and oxygen atoms in total. The van der Waals surface area contributed by atoms with Gasteiger partial charge in [0, 0.05) is 42.8 Å². The van der Waals surface area contributed by atoms with Gasteiger partial charge < -0.3 is 25.2 Å². The number of carbonyl (C=O) groups excluding carboxylic acids is 1. The predicted octanol–water partition coefficient (Wildman–Crippen LogP) is 1.87. The first kappa shape index (κ1) is 22.3. The second kappa shape index (κ2) is 9.65. The molecule has 2 heterocycles. The molecule has 2 aromatic rings. The maximum Gasteiger partial charge on any atom is 0.319 e. The summed E-state index contributed by atoms with van der Waals surface area (Å²) in [6.07, 6.45) is 0. The molecule has 0 unspecified atom stereocenters. The number of benzene rings is 1. The number of thiophene rings is 1. The van der Waals surface area contributed by atoms with Gasteiger partial charge in [0.05, 0.1) is 18.8 Å². The highest BCUT2D eigenvalue weighted by molar-refractivity contribution is 7.91. The highest BCUT2D eigenvalue weighted by atomic mass is 32.2. The van der Waals surface area contributed by atoms with Gasteiger partial charge in [-0.15, -0.1) is 11.3 Å². The average Bonchev–Trinajstić information content (AvgIpc) is 3.18. The van der Waals surface area contributed by atoms with E-state index in [1.807, 2.05) is 25.1 Å². The number of anilines is 2. The quantitative estimate of drug-likeness (QED) is 0.589. The number of hydrogen-bond acceptors (Lipinski definition) is 7. The van der Waals surface area contributed by atoms with Crippen LogP contribution in [0, 0.1) is 0 Å². The van der Waals surface area contributed by atoms with Crippen LogP contribution < -0.4 is 25.4 Å². The number of sulfonamides is 1. The van der Waals surface area contributed by atoms with Crippen LogP contribution in [0.4, 0.5) is 16.2 Å². The van der Waals surface area contributed by atoms with Crippen molar-refractivity contribution in [2.75, 3.05) is 50.1 Å². The zero-order chi connectivity index (χ0) is 21.7. The summed E-state index contributed by atoms with van der Waals surface area (Å²) in [5, 5.41) is 10.6. The number of hydrogen-bond donors (Lipinski definition) is 3. The minimum atomic E-state index is -3.73. The Morgan fingerprint density at radius 1 is 1.20 bits per heavy atom. The van der Waals surface area contributed by atoms with Gasteiger partial charge in [-0.2, -0.15) is 0 Å². The van der Waals surface area contributed by atoms with Gasteiger partial charge >= 0.3 is 6.03 Å². The second-order valence-electron chi connectivity index (χ2n) is 6.98. The molecule has 1 aliphatic rings. The third-order valence-corrected chi connectivity index (χ3v) is 7.25. The summed E-state index contributed by atoms with van der Waals surface area (Å²) in [6, 6.07) is 8.40. The standard InChI is InChI=1S/C19H27N5O4S2/c1-3-28-17-12-14(24-10-8-23(2)9-11-24)4-6-16(17)22-19(25)21-13-15-5-7-18(29-15)30(20,26)27/h4-7,12H,3,8-11,13H2,1-2H3,(H2,20,26,27)(H2,21,22,25). The lowest BCUT2D eigenvalue weighted by Crippen LogP contribution is -2.44. The van der Waals surface area contributed by atoms with Crippen molar-refractivity contribution in [3.63, 3.8) is 0 Å². The van der Waals surface area contributed by atoms with Crippen molar-refractivity contribution in [3.8, 4) is 5.75 Å². The summed E-state index contributed by atoms with van der Waals surface area (Å²) in [6.45, 7) is 6.45. The molecule has 30 heavy (non-hydrogen) atoms. The maximum absolute atomic E-state index is 12.3. The first-order chi connectivity index (χ1) is 14.3. The number of amides is 2. The summed E-state index contributed by atoms with van der Waals surface area (Å²) < 4.78 is 28.5. The Kier molecular flexibility index (Phi) is 7.19. The van der Waals surface area contributed by atoms with Crippen molar-refractivity contribution in [2.45, 2.75) is 17.7 Å². The largest absolute Gasteiger partial charge is 0.492 e. The van der Waals surface area contributed by atoms with E-state index in [-0.39, 0.29) is 10.8 Å². The monoisotopic (exact) mass is 453 g/mol. The number of nitrogens with zero attached hydrogens (tertiary/aromatic N) is 2. The summed E-state index contributed by atoms with van der Waals surface area (Å²) in [5.74, 6) is 0.608. The zero-order valence-electron chi connectivity index (χ0n) is 17.1. The third-order valence-electron chi connectivity index (χ3n) is 4.72. The van der Waals surface area contributed by atoms with E-state index in [9.17, 15) is 13.2 Å². The van der Waals surface area contributed by atoms with E-state index in [0.717, 1.165) is 43.2 Å². The van der Waals surface area contributed by atoms with E-state index in [2.05, 4.69) is 27.5 Å². The molecule has 0 atom stereocenters. The molecule has 1 aromatic heterocycles. The molecule has 1 aromatic carbocycles. The number of nitrogens with one attached hydrogen (secondary N) is 2. The number of primary sulfonamides is 1. The Morgan fingerprint density at radius 3 is 2.57 bits per heavy atom. The Hall–Kier alpha value is -2.34. The number of carbonyl (C=O) groups is 1. The van der Waals surface area contributed by atoms with Gasteiger partial charge in [0.2, 0.25) is 10.0 Å². The fourth-order valence-corrected chi connectivity index (χ4v) is 4.81. The lowest BCUT2D eigenvalue weighted by molar-refractivity contribution is 0.251. The molecule has 2 amide bonds. The van der Waals surface area contributed by atoms with Gasteiger partial charge in [-0.3, -0.25) is 0 Å². The average molecular weight is 454 g/mol. The van der Waals surface area contributed by atoms with Crippen molar-refractivity contribution >= 4 is 38.8 Å². The normalized spacial score (nSPS) is 15.1. The third kappa shape index (κ3) is 5.85. The molecule has 0 radical (unpaired) electrons. The Bertz CT molecular complexity index is 985. The van der Waals surface area contributed by atoms with Gasteiger partial charge in [0.25, 0.3) is 0 Å². The molecule has 0 bridgehead atoms. The van der Waals surface area contributed by atoms with E-state index in [0.29, 0.717) is 22.9 Å². The predicted molar refractivity (Wildman–Crippen MR) is 119 cm³/mol. The van der Waals surface area contributed by atoms with E-state index in [4.69, 9.17) is 9.88 Å². The van der Waals surface area contributed by atoms with Crippen molar-refractivity contribution in [2.24, 2.45) is 5.14 Å². The van der Waals surface area contributed by atoms with Crippen LogP contribution >= 0.6 is 11.3 Å². The van der Waals surface area contributed by atoms with Crippen LogP contribution in [0.25, 0.3) is 0 Å². The number of piperazine rings is 1. The number of rotatable bonds is 7. The smallest absolute Gasteiger partial charge is 0.319 e. The topological polar surface area (TPSA) is 117 Å². The summed E-state index contributed by atoms with van der Waals surface area (Å²) in [7, 11) is -1.62. The van der Waals surface area contributed by atoms with E-state index in [1.165, 1.54) is 6.07 Å². The van der Waals surface area contributed by atoms with Gasteiger partial charge in [-0.1, -0.05) is 0 Å². The molecular formula is C19H27N5O4S2. The number of urea groups is 1. The molecule has 0 aliphatic carbocycles. The van der Waals surface area contributed by atoms with E-state index in [1.54, 1.807) is 6.07 Å². The van der Waals surface area contributed by atoms with Crippen molar-refractivity contribution in [1.29, 1.82) is 0 Å². The van der Waals surface area contributed by atoms with E-state index >= 15 is 0 Å². The summed E-state index contributed by atoms with van der Waals surface area (Å²) in [5.41, 5.74) is 1.63. The highest BCUT2D eigenvalue weighted by Crippen LogP contribution is 2.30. The maximum atomic E-state index is 12.3. The second-order valence-corrected chi connectivity index (χ2v) is 9.93. The molecule has 11 heteroatoms. The van der Waals surface area contributed by atoms with Crippen molar-refractivity contribution < 1.29 is 17.9 Å². The minimum absolute atomic E-state index is 0.0674. The zero-order valence-corrected chi connectivity index (χ0v) is 18.7. The van der Waals surface area contributed by atoms with Crippen LogP contribution in [-0.4, -0.2) is 59.2 Å².